The quantitative estimate of drug-likeness (QED) is 0.451. The molecule has 0 amide bonds. The van der Waals surface area contributed by atoms with Crippen LogP contribution in [0.25, 0.3) is 16.4 Å². The predicted molar refractivity (Wildman–Crippen MR) is 120 cm³/mol. The second kappa shape index (κ2) is 8.46. The fourth-order valence-corrected chi connectivity index (χ4v) is 4.31. The van der Waals surface area contributed by atoms with E-state index in [9.17, 15) is 0 Å². The number of methoxy groups -OCH3 is 3. The number of aromatic nitrogens is 5. The number of hydrogen-bond acceptors (Lipinski definition) is 9. The molecule has 0 unspecified atom stereocenters. The first kappa shape index (κ1) is 20.3. The molecule has 0 atom stereocenters. The second-order valence-electron chi connectivity index (χ2n) is 7.62. The Balaban J connectivity index is 1.36. The Labute approximate surface area is 185 Å². The zero-order valence-electron chi connectivity index (χ0n) is 18.4. The lowest BCUT2D eigenvalue weighted by molar-refractivity contribution is 0.243. The molecular weight excluding hydrogens is 410 g/mol. The lowest BCUT2D eigenvalue weighted by Gasteiger charge is -2.36. The van der Waals surface area contributed by atoms with Gasteiger partial charge in [0.05, 0.1) is 21.3 Å². The number of hydrogen-bond donors (Lipinski definition) is 0. The number of piperazine rings is 1. The zero-order chi connectivity index (χ0) is 22.1. The maximum Gasteiger partial charge on any atom is 0.207 e. The Kier molecular flexibility index (Phi) is 5.36. The average molecular weight is 435 g/mol. The van der Waals surface area contributed by atoms with Gasteiger partial charge in [0.2, 0.25) is 11.4 Å². The van der Waals surface area contributed by atoms with Crippen molar-refractivity contribution in [3.05, 3.63) is 42.0 Å². The molecule has 5 rings (SSSR count). The molecule has 1 aliphatic rings. The van der Waals surface area contributed by atoms with Gasteiger partial charge in [-0.05, 0) is 16.5 Å². The molecule has 0 radical (unpaired) electrons. The summed E-state index contributed by atoms with van der Waals surface area (Å²) in [5.41, 5.74) is 1.74. The van der Waals surface area contributed by atoms with Gasteiger partial charge < -0.3 is 19.1 Å². The van der Waals surface area contributed by atoms with E-state index in [-0.39, 0.29) is 0 Å². The van der Waals surface area contributed by atoms with Crippen LogP contribution in [0.15, 0.2) is 36.4 Å². The lowest BCUT2D eigenvalue weighted by atomic mass is 10.1. The first-order chi connectivity index (χ1) is 15.7. The molecule has 3 heterocycles. The van der Waals surface area contributed by atoms with Gasteiger partial charge >= 0.3 is 0 Å². The summed E-state index contributed by atoms with van der Waals surface area (Å²) >= 11 is 0. The normalized spacial score (nSPS) is 14.8. The highest BCUT2D eigenvalue weighted by Crippen LogP contribution is 2.40. The van der Waals surface area contributed by atoms with Crippen molar-refractivity contribution in [2.75, 3.05) is 52.4 Å². The van der Waals surface area contributed by atoms with Crippen LogP contribution in [0.3, 0.4) is 0 Å². The molecule has 0 spiro atoms. The summed E-state index contributed by atoms with van der Waals surface area (Å²) < 4.78 is 18.1. The fourth-order valence-electron chi connectivity index (χ4n) is 4.31. The van der Waals surface area contributed by atoms with Gasteiger partial charge in [-0.1, -0.05) is 30.3 Å². The summed E-state index contributed by atoms with van der Waals surface area (Å²) in [4.78, 5) is 4.70. The molecule has 10 nitrogen and oxygen atoms in total. The largest absolute Gasteiger partial charge is 0.493 e. The van der Waals surface area contributed by atoms with Crippen molar-refractivity contribution < 1.29 is 14.2 Å². The van der Waals surface area contributed by atoms with Gasteiger partial charge in [0.25, 0.3) is 0 Å². The van der Waals surface area contributed by atoms with Crippen LogP contribution in [0.2, 0.25) is 0 Å². The van der Waals surface area contributed by atoms with Crippen molar-refractivity contribution >= 4 is 22.2 Å². The van der Waals surface area contributed by atoms with E-state index in [2.05, 4.69) is 31.4 Å². The van der Waals surface area contributed by atoms with Gasteiger partial charge in [-0.2, -0.15) is 0 Å². The third-order valence-corrected chi connectivity index (χ3v) is 5.90. The highest BCUT2D eigenvalue weighted by molar-refractivity contribution is 5.99. The van der Waals surface area contributed by atoms with Crippen LogP contribution in [-0.4, -0.2) is 77.7 Å². The molecule has 2 aromatic carbocycles. The van der Waals surface area contributed by atoms with Crippen molar-refractivity contribution in [3.8, 4) is 17.2 Å². The number of fused-ring (bicyclic) bond motifs is 3. The minimum absolute atomic E-state index is 0.622. The Hall–Kier alpha value is -3.66. The van der Waals surface area contributed by atoms with E-state index in [4.69, 9.17) is 19.3 Å². The van der Waals surface area contributed by atoms with Gasteiger partial charge in [0, 0.05) is 49.1 Å². The van der Waals surface area contributed by atoms with E-state index >= 15 is 0 Å². The summed E-state index contributed by atoms with van der Waals surface area (Å²) in [7, 11) is 4.91. The summed E-state index contributed by atoms with van der Waals surface area (Å²) in [6.45, 7) is 4.24. The lowest BCUT2D eigenvalue weighted by Crippen LogP contribution is -2.46. The number of benzene rings is 2. The molecule has 32 heavy (non-hydrogen) atoms. The number of ether oxygens (including phenoxy) is 3. The molecular formula is C22H25N7O3. The number of anilines is 1. The van der Waals surface area contributed by atoms with Gasteiger partial charge in [-0.3, -0.25) is 4.90 Å². The standard InChI is InChI=1S/C22H25N7O3/c1-30-18-9-8-15(19(31-2)20(18)32-3)14-27-10-12-28(13-11-27)22-17-7-5-4-6-16(17)21-23-25-26-29(21)24-22/h4-9H,10-14H2,1-3H3. The maximum atomic E-state index is 5.65. The van der Waals surface area contributed by atoms with Crippen LogP contribution in [0.4, 0.5) is 5.82 Å². The Bertz CT molecular complexity index is 1250. The summed E-state index contributed by atoms with van der Waals surface area (Å²) in [5.74, 6) is 2.90. The Morgan fingerprint density at radius 3 is 2.31 bits per heavy atom. The molecule has 1 aliphatic heterocycles. The predicted octanol–water partition coefficient (Wildman–Crippen LogP) is 2.02. The second-order valence-corrected chi connectivity index (χ2v) is 7.62. The van der Waals surface area contributed by atoms with Crippen LogP contribution in [0.1, 0.15) is 5.56 Å². The van der Waals surface area contributed by atoms with Crippen molar-refractivity contribution in [3.63, 3.8) is 0 Å². The molecule has 2 aromatic heterocycles. The van der Waals surface area contributed by atoms with Crippen molar-refractivity contribution in [1.29, 1.82) is 0 Å². The van der Waals surface area contributed by atoms with Crippen LogP contribution < -0.4 is 19.1 Å². The van der Waals surface area contributed by atoms with E-state index in [0.29, 0.717) is 22.9 Å². The van der Waals surface area contributed by atoms with Crippen LogP contribution in [0, 0.1) is 0 Å². The molecule has 0 saturated carbocycles. The van der Waals surface area contributed by atoms with Crippen LogP contribution in [0.5, 0.6) is 17.2 Å². The van der Waals surface area contributed by atoms with Gasteiger partial charge in [-0.15, -0.1) is 14.8 Å². The van der Waals surface area contributed by atoms with Crippen LogP contribution in [-0.2, 0) is 6.54 Å². The monoisotopic (exact) mass is 435 g/mol. The Morgan fingerprint density at radius 2 is 1.59 bits per heavy atom. The van der Waals surface area contributed by atoms with Gasteiger partial charge in [0.15, 0.2) is 17.3 Å². The minimum atomic E-state index is 0.622. The molecule has 10 heteroatoms. The molecule has 4 aromatic rings. The average Bonchev–Trinajstić information content (AvgIpc) is 3.32. The zero-order valence-corrected chi connectivity index (χ0v) is 18.4. The van der Waals surface area contributed by atoms with E-state index in [1.54, 1.807) is 21.3 Å². The Morgan fingerprint density at radius 1 is 0.844 bits per heavy atom. The molecule has 1 fully saturated rings. The van der Waals surface area contributed by atoms with E-state index in [1.807, 2.05) is 30.3 Å². The smallest absolute Gasteiger partial charge is 0.207 e. The molecule has 1 saturated heterocycles. The number of rotatable bonds is 6. The van der Waals surface area contributed by atoms with Crippen molar-refractivity contribution in [2.24, 2.45) is 0 Å². The molecule has 0 N–H and O–H groups in total. The minimum Gasteiger partial charge on any atom is -0.493 e. The maximum absolute atomic E-state index is 5.65. The SMILES string of the molecule is COc1ccc(CN2CCN(c3nn4nnnc4c4ccccc34)CC2)c(OC)c1OC. The highest BCUT2D eigenvalue weighted by Gasteiger charge is 2.24. The molecule has 0 bridgehead atoms. The van der Waals surface area contributed by atoms with E-state index < -0.39 is 0 Å². The topological polar surface area (TPSA) is 90.1 Å². The van der Waals surface area contributed by atoms with Crippen LogP contribution >= 0.6 is 0 Å². The number of tetrazole rings is 1. The first-order valence-corrected chi connectivity index (χ1v) is 10.5. The first-order valence-electron chi connectivity index (χ1n) is 10.5. The van der Waals surface area contributed by atoms with Crippen molar-refractivity contribution in [2.45, 2.75) is 6.54 Å². The third kappa shape index (κ3) is 3.42. The van der Waals surface area contributed by atoms with Gasteiger partial charge in [0.1, 0.15) is 0 Å². The summed E-state index contributed by atoms with van der Waals surface area (Å²) in [6.07, 6.45) is 0. The fraction of sp³-hybridized carbons (Fsp3) is 0.364. The molecule has 0 aliphatic carbocycles. The highest BCUT2D eigenvalue weighted by atomic mass is 16.5. The van der Waals surface area contributed by atoms with Gasteiger partial charge in [-0.25, -0.2) is 0 Å². The van der Waals surface area contributed by atoms with E-state index in [1.165, 1.54) is 4.63 Å². The van der Waals surface area contributed by atoms with Crippen molar-refractivity contribution in [1.82, 2.24) is 30.2 Å². The summed E-state index contributed by atoms with van der Waals surface area (Å²) in [6, 6.07) is 12.1. The molecule has 166 valence electrons. The summed E-state index contributed by atoms with van der Waals surface area (Å²) in [5, 5.41) is 18.7. The van der Waals surface area contributed by atoms with E-state index in [0.717, 1.165) is 54.9 Å². The third-order valence-electron chi connectivity index (χ3n) is 5.90. The number of nitrogens with zero attached hydrogens (tertiary/aromatic N) is 7.